The molecule has 0 saturated heterocycles. The van der Waals surface area contributed by atoms with Gasteiger partial charge in [0.15, 0.2) is 0 Å². The topological polar surface area (TPSA) is 62.2 Å². The number of carbonyl (C=O) groups is 1. The standard InChI is InChI=1S/C11H9FN2O2S/c12-7-2-1-3-8(4-7)13-5-9-6-17-10(14-9)11(15)16/h1-4,6,13H,5H2,(H,15,16). The highest BCUT2D eigenvalue weighted by Crippen LogP contribution is 2.13. The van der Waals surface area contributed by atoms with Crippen LogP contribution >= 0.6 is 11.3 Å². The van der Waals surface area contributed by atoms with Crippen LogP contribution in [0.1, 0.15) is 15.5 Å². The molecule has 0 amide bonds. The van der Waals surface area contributed by atoms with Crippen molar-refractivity contribution in [2.24, 2.45) is 0 Å². The molecule has 1 heterocycles. The third-order valence-corrected chi connectivity index (χ3v) is 2.91. The predicted molar refractivity (Wildman–Crippen MR) is 62.8 cm³/mol. The molecule has 88 valence electrons. The minimum atomic E-state index is -1.04. The fourth-order valence-corrected chi connectivity index (χ4v) is 1.93. The molecule has 17 heavy (non-hydrogen) atoms. The van der Waals surface area contributed by atoms with Gasteiger partial charge in [-0.2, -0.15) is 0 Å². The molecule has 0 aliphatic carbocycles. The number of nitrogens with zero attached hydrogens (tertiary/aromatic N) is 1. The number of rotatable bonds is 4. The van der Waals surface area contributed by atoms with Gasteiger partial charge in [-0.25, -0.2) is 14.2 Å². The third kappa shape index (κ3) is 3.01. The maximum atomic E-state index is 12.9. The van der Waals surface area contributed by atoms with Crippen LogP contribution in [0.4, 0.5) is 10.1 Å². The molecule has 1 aromatic heterocycles. The fraction of sp³-hybridized carbons (Fsp3) is 0.0909. The minimum absolute atomic E-state index is 0.0565. The van der Waals surface area contributed by atoms with E-state index in [9.17, 15) is 9.18 Å². The Hall–Kier alpha value is -1.95. The lowest BCUT2D eigenvalue weighted by molar-refractivity contribution is 0.0696. The van der Waals surface area contributed by atoms with Crippen LogP contribution in [0.25, 0.3) is 0 Å². The Morgan fingerprint density at radius 2 is 2.35 bits per heavy atom. The van der Waals surface area contributed by atoms with Crippen LogP contribution in [0.5, 0.6) is 0 Å². The van der Waals surface area contributed by atoms with Gasteiger partial charge < -0.3 is 10.4 Å². The number of carboxylic acids is 1. The van der Waals surface area contributed by atoms with Crippen molar-refractivity contribution in [2.75, 3.05) is 5.32 Å². The lowest BCUT2D eigenvalue weighted by Crippen LogP contribution is -2.01. The summed E-state index contributed by atoms with van der Waals surface area (Å²) in [4.78, 5) is 14.5. The number of halogens is 1. The largest absolute Gasteiger partial charge is 0.476 e. The zero-order chi connectivity index (χ0) is 12.3. The van der Waals surface area contributed by atoms with E-state index in [1.54, 1.807) is 17.5 Å². The summed E-state index contributed by atoms with van der Waals surface area (Å²) in [6.45, 7) is 0.368. The molecule has 0 spiro atoms. The second-order valence-corrected chi connectivity index (χ2v) is 4.17. The van der Waals surface area contributed by atoms with E-state index >= 15 is 0 Å². The van der Waals surface area contributed by atoms with E-state index in [1.165, 1.54) is 12.1 Å². The molecule has 0 atom stereocenters. The molecule has 4 nitrogen and oxygen atoms in total. The van der Waals surface area contributed by atoms with Crippen LogP contribution in [-0.4, -0.2) is 16.1 Å². The molecule has 1 aromatic carbocycles. The van der Waals surface area contributed by atoms with Crippen LogP contribution in [0.3, 0.4) is 0 Å². The van der Waals surface area contributed by atoms with E-state index in [0.717, 1.165) is 11.3 Å². The van der Waals surface area contributed by atoms with Gasteiger partial charge >= 0.3 is 5.97 Å². The zero-order valence-corrected chi connectivity index (χ0v) is 9.50. The Morgan fingerprint density at radius 1 is 1.53 bits per heavy atom. The SMILES string of the molecule is O=C(O)c1nc(CNc2cccc(F)c2)cs1. The van der Waals surface area contributed by atoms with Gasteiger partial charge in [0.1, 0.15) is 5.82 Å². The number of nitrogens with one attached hydrogen (secondary N) is 1. The number of carboxylic acid groups (broad SMARTS) is 1. The molecule has 0 radical (unpaired) electrons. The Labute approximate surface area is 101 Å². The molecule has 2 rings (SSSR count). The van der Waals surface area contributed by atoms with Crippen LogP contribution in [-0.2, 0) is 6.54 Å². The van der Waals surface area contributed by atoms with Crippen molar-refractivity contribution < 1.29 is 14.3 Å². The minimum Gasteiger partial charge on any atom is -0.476 e. The summed E-state index contributed by atoms with van der Waals surface area (Å²) < 4.78 is 12.9. The average Bonchev–Trinajstić information content (AvgIpc) is 2.75. The zero-order valence-electron chi connectivity index (χ0n) is 8.68. The highest BCUT2D eigenvalue weighted by atomic mass is 32.1. The van der Waals surface area contributed by atoms with Gasteiger partial charge in [0, 0.05) is 11.1 Å². The molecule has 0 saturated carbocycles. The monoisotopic (exact) mass is 252 g/mol. The molecule has 6 heteroatoms. The van der Waals surface area contributed by atoms with E-state index in [2.05, 4.69) is 10.3 Å². The van der Waals surface area contributed by atoms with Gasteiger partial charge in [-0.1, -0.05) is 6.07 Å². The van der Waals surface area contributed by atoms with E-state index in [1.807, 2.05) is 0 Å². The average molecular weight is 252 g/mol. The Morgan fingerprint density at radius 3 is 3.00 bits per heavy atom. The summed E-state index contributed by atoms with van der Waals surface area (Å²) in [6.07, 6.45) is 0. The Balaban J connectivity index is 2.00. The van der Waals surface area contributed by atoms with Crippen molar-refractivity contribution in [2.45, 2.75) is 6.54 Å². The lowest BCUT2D eigenvalue weighted by atomic mass is 10.3. The molecule has 2 N–H and O–H groups in total. The molecule has 0 aliphatic heterocycles. The van der Waals surface area contributed by atoms with E-state index in [-0.39, 0.29) is 10.8 Å². The van der Waals surface area contributed by atoms with Crippen molar-refractivity contribution in [3.63, 3.8) is 0 Å². The molecule has 0 unspecified atom stereocenters. The van der Waals surface area contributed by atoms with Gasteiger partial charge in [0.25, 0.3) is 0 Å². The quantitative estimate of drug-likeness (QED) is 0.878. The van der Waals surface area contributed by atoms with Gasteiger partial charge in [-0.05, 0) is 18.2 Å². The van der Waals surface area contributed by atoms with Crippen molar-refractivity contribution in [1.29, 1.82) is 0 Å². The van der Waals surface area contributed by atoms with Crippen LogP contribution in [0.2, 0.25) is 0 Å². The van der Waals surface area contributed by atoms with E-state index < -0.39 is 5.97 Å². The first-order valence-corrected chi connectivity index (χ1v) is 5.70. The number of hydrogen-bond donors (Lipinski definition) is 2. The number of anilines is 1. The van der Waals surface area contributed by atoms with Crippen molar-refractivity contribution in [3.8, 4) is 0 Å². The molecular weight excluding hydrogens is 243 g/mol. The normalized spacial score (nSPS) is 10.2. The first kappa shape index (κ1) is 11.5. The highest BCUT2D eigenvalue weighted by Gasteiger charge is 2.08. The number of aromatic carboxylic acids is 1. The van der Waals surface area contributed by atoms with Crippen LogP contribution in [0.15, 0.2) is 29.6 Å². The number of hydrogen-bond acceptors (Lipinski definition) is 4. The highest BCUT2D eigenvalue weighted by molar-refractivity contribution is 7.11. The van der Waals surface area contributed by atoms with Gasteiger partial charge in [-0.15, -0.1) is 11.3 Å². The maximum Gasteiger partial charge on any atom is 0.365 e. The van der Waals surface area contributed by atoms with Crippen molar-refractivity contribution >= 4 is 23.0 Å². The van der Waals surface area contributed by atoms with E-state index in [4.69, 9.17) is 5.11 Å². The summed E-state index contributed by atoms with van der Waals surface area (Å²) in [5, 5.41) is 13.4. The third-order valence-electron chi connectivity index (χ3n) is 2.03. The lowest BCUT2D eigenvalue weighted by Gasteiger charge is -2.03. The molecule has 0 fully saturated rings. The fourth-order valence-electron chi connectivity index (χ4n) is 1.28. The van der Waals surface area contributed by atoms with Crippen molar-refractivity contribution in [1.82, 2.24) is 4.98 Å². The number of aromatic nitrogens is 1. The number of benzene rings is 1. The predicted octanol–water partition coefficient (Wildman–Crippen LogP) is 2.59. The summed E-state index contributed by atoms with van der Waals surface area (Å²) >= 11 is 1.07. The van der Waals surface area contributed by atoms with Gasteiger partial charge in [0.05, 0.1) is 12.2 Å². The molecule has 0 bridgehead atoms. The first-order valence-electron chi connectivity index (χ1n) is 4.82. The smallest absolute Gasteiger partial charge is 0.365 e. The Bertz CT molecular complexity index is 542. The summed E-state index contributed by atoms with van der Waals surface area (Å²) in [5.41, 5.74) is 1.26. The van der Waals surface area contributed by atoms with Crippen LogP contribution in [0, 0.1) is 5.82 Å². The van der Waals surface area contributed by atoms with Crippen LogP contribution < -0.4 is 5.32 Å². The molecular formula is C11H9FN2O2S. The van der Waals surface area contributed by atoms with Gasteiger partial charge in [0.2, 0.25) is 5.01 Å². The summed E-state index contributed by atoms with van der Waals surface area (Å²) in [6, 6.07) is 6.05. The second kappa shape index (κ2) is 4.92. The second-order valence-electron chi connectivity index (χ2n) is 3.31. The molecule has 0 aliphatic rings. The van der Waals surface area contributed by atoms with E-state index in [0.29, 0.717) is 17.9 Å². The van der Waals surface area contributed by atoms with Crippen molar-refractivity contribution in [3.05, 3.63) is 46.2 Å². The van der Waals surface area contributed by atoms with Gasteiger partial charge in [-0.3, -0.25) is 0 Å². The maximum absolute atomic E-state index is 12.9. The number of thiazole rings is 1. The summed E-state index contributed by atoms with van der Waals surface area (Å²) in [5.74, 6) is -1.36. The summed E-state index contributed by atoms with van der Waals surface area (Å²) in [7, 11) is 0. The molecule has 2 aromatic rings. The first-order chi connectivity index (χ1) is 8.15. The Kier molecular flexibility index (Phi) is 3.34.